The molecule has 2 aliphatic heterocycles. The molecule has 0 aliphatic carbocycles. The van der Waals surface area contributed by atoms with Gasteiger partial charge in [0.2, 0.25) is 0 Å². The number of esters is 2. The Hall–Kier alpha value is -4.74. The van der Waals surface area contributed by atoms with Crippen molar-refractivity contribution >= 4 is 11.9 Å². The molecule has 4 aromatic rings. The Morgan fingerprint density at radius 2 is 0.833 bits per heavy atom. The number of ether oxygens (including phenoxy) is 6. The van der Waals surface area contributed by atoms with Crippen LogP contribution in [-0.4, -0.2) is 74.0 Å². The summed E-state index contributed by atoms with van der Waals surface area (Å²) in [7, 11) is 0. The van der Waals surface area contributed by atoms with Gasteiger partial charge in [0, 0.05) is 35.5 Å². The number of benzene rings is 4. The zero-order valence-corrected chi connectivity index (χ0v) is 41.5. The summed E-state index contributed by atoms with van der Waals surface area (Å²) < 4.78 is 35.6. The minimum Gasteiger partial charge on any atom is -0.491 e. The predicted octanol–water partition coefficient (Wildman–Crippen LogP) is 10.8. The Morgan fingerprint density at radius 3 is 1.15 bits per heavy atom. The molecule has 0 radical (unpaired) electrons. The molecule has 66 heavy (non-hydrogen) atoms. The summed E-state index contributed by atoms with van der Waals surface area (Å²) in [6.45, 7) is 26.8. The van der Waals surface area contributed by atoms with E-state index in [1.165, 1.54) is 11.1 Å². The van der Waals surface area contributed by atoms with Gasteiger partial charge in [-0.25, -0.2) is 0 Å². The zero-order chi connectivity index (χ0) is 48.2. The second-order valence-electron chi connectivity index (χ2n) is 22.2. The molecule has 358 valence electrons. The topological polar surface area (TPSA) is 130 Å². The van der Waals surface area contributed by atoms with Crippen molar-refractivity contribution in [3.8, 4) is 23.0 Å². The van der Waals surface area contributed by atoms with Crippen LogP contribution in [0.1, 0.15) is 165 Å². The van der Waals surface area contributed by atoms with Crippen molar-refractivity contribution in [1.29, 1.82) is 0 Å². The molecular weight excluding hydrogens is 833 g/mol. The van der Waals surface area contributed by atoms with E-state index < -0.39 is 24.0 Å². The molecule has 0 spiro atoms. The summed E-state index contributed by atoms with van der Waals surface area (Å²) in [5, 5.41) is 21.4. The molecule has 6 rings (SSSR count). The molecule has 4 atom stereocenters. The maximum atomic E-state index is 13.3. The smallest absolute Gasteiger partial charge is 0.323 e. The Morgan fingerprint density at radius 1 is 0.485 bits per heavy atom. The van der Waals surface area contributed by atoms with E-state index >= 15 is 0 Å². The molecule has 10 heteroatoms. The third-order valence-electron chi connectivity index (χ3n) is 12.3. The van der Waals surface area contributed by atoms with Crippen LogP contribution in [0, 0.1) is 0 Å². The lowest BCUT2D eigenvalue weighted by atomic mass is 9.82. The van der Waals surface area contributed by atoms with Crippen molar-refractivity contribution in [2.75, 3.05) is 39.6 Å². The number of unbranched alkanes of at least 4 members (excludes halogenated alkanes) is 3. The van der Waals surface area contributed by atoms with E-state index in [1.54, 1.807) is 0 Å². The van der Waals surface area contributed by atoms with Crippen molar-refractivity contribution in [1.82, 2.24) is 0 Å². The van der Waals surface area contributed by atoms with Gasteiger partial charge >= 0.3 is 11.9 Å². The first-order chi connectivity index (χ1) is 30.9. The number of rotatable bonds is 19. The van der Waals surface area contributed by atoms with E-state index in [2.05, 4.69) is 107 Å². The highest BCUT2D eigenvalue weighted by Crippen LogP contribution is 2.49. The molecule has 0 bridgehead atoms. The third kappa shape index (κ3) is 12.6. The summed E-state index contributed by atoms with van der Waals surface area (Å²) in [5.74, 6) is 0.610. The number of aliphatic hydroxyl groups excluding tert-OH is 2. The van der Waals surface area contributed by atoms with E-state index in [9.17, 15) is 19.8 Å². The Labute approximate surface area is 393 Å². The molecule has 0 fully saturated rings. The first kappa shape index (κ1) is 50.7. The number of aliphatic hydroxyl groups is 2. The molecule has 4 unspecified atom stereocenters. The molecule has 0 amide bonds. The minimum absolute atomic E-state index is 0.00348. The van der Waals surface area contributed by atoms with Crippen LogP contribution in [0.4, 0.5) is 0 Å². The van der Waals surface area contributed by atoms with Crippen LogP contribution in [0.5, 0.6) is 23.0 Å². The Kier molecular flexibility index (Phi) is 15.8. The van der Waals surface area contributed by atoms with Crippen molar-refractivity contribution in [2.24, 2.45) is 0 Å². The van der Waals surface area contributed by atoms with E-state index in [0.717, 1.165) is 59.1 Å². The van der Waals surface area contributed by atoms with Crippen LogP contribution in [0.2, 0.25) is 0 Å². The molecule has 10 nitrogen and oxygen atoms in total. The quantitative estimate of drug-likeness (QED) is 0.0533. The van der Waals surface area contributed by atoms with Gasteiger partial charge in [0.15, 0.2) is 0 Å². The normalized spacial score (nSPS) is 17.2. The van der Waals surface area contributed by atoms with Gasteiger partial charge in [0.05, 0.1) is 13.2 Å². The summed E-state index contributed by atoms with van der Waals surface area (Å²) in [4.78, 5) is 26.6. The molecule has 4 aromatic carbocycles. The zero-order valence-electron chi connectivity index (χ0n) is 41.5. The lowest BCUT2D eigenvalue weighted by molar-refractivity contribution is -0.134. The molecule has 2 N–H and O–H groups in total. The highest BCUT2D eigenvalue weighted by atomic mass is 16.6. The van der Waals surface area contributed by atoms with Gasteiger partial charge in [-0.1, -0.05) is 144 Å². The van der Waals surface area contributed by atoms with Gasteiger partial charge in [0.1, 0.15) is 60.3 Å². The van der Waals surface area contributed by atoms with E-state index in [4.69, 9.17) is 28.4 Å². The third-order valence-corrected chi connectivity index (χ3v) is 12.3. The van der Waals surface area contributed by atoms with Crippen molar-refractivity contribution < 1.29 is 48.2 Å². The van der Waals surface area contributed by atoms with Gasteiger partial charge in [-0.05, 0) is 81.0 Å². The van der Waals surface area contributed by atoms with E-state index in [1.807, 2.05) is 48.5 Å². The average Bonchev–Trinajstić information content (AvgIpc) is 3.75. The monoisotopic (exact) mass is 907 g/mol. The second-order valence-corrected chi connectivity index (χ2v) is 22.2. The largest absolute Gasteiger partial charge is 0.491 e. The molecular formula is C56H74O10. The van der Waals surface area contributed by atoms with Crippen LogP contribution >= 0.6 is 0 Å². The summed E-state index contributed by atoms with van der Waals surface area (Å²) in [6, 6.07) is 23.9. The van der Waals surface area contributed by atoms with Crippen molar-refractivity contribution in [3.05, 3.63) is 117 Å². The van der Waals surface area contributed by atoms with Gasteiger partial charge in [-0.2, -0.15) is 0 Å². The van der Waals surface area contributed by atoms with Crippen molar-refractivity contribution in [2.45, 2.75) is 154 Å². The lowest BCUT2D eigenvalue weighted by Gasteiger charge is -2.23. The predicted molar refractivity (Wildman–Crippen MR) is 259 cm³/mol. The minimum atomic E-state index is -0.825. The summed E-state index contributed by atoms with van der Waals surface area (Å²) in [6.07, 6.45) is 1.91. The number of fused-ring (bicyclic) bond motifs is 2. The van der Waals surface area contributed by atoms with E-state index in [-0.39, 0.29) is 60.0 Å². The molecule has 0 saturated carbocycles. The van der Waals surface area contributed by atoms with Crippen LogP contribution in [0.15, 0.2) is 72.8 Å². The number of carbonyl (C=O) groups excluding carboxylic acids is 2. The summed E-state index contributed by atoms with van der Waals surface area (Å²) >= 11 is 0. The molecule has 0 aromatic heterocycles. The standard InChI is InChI=1S/C56H74O10/c1-53(2,3)37-21-17-35(18-22-37)47-43-27-41(29-45(55(7,8)9)49(43)65-51(47)59)63-33-39(57)31-61-25-15-13-14-16-26-62-32-40(58)34-64-42-28-44-48(36-19-23-38(24-20-36)54(4,5)6)52(60)66-50(44)46(30-42)56(10,11)12/h17-24,27-30,39-40,47-48,57-58H,13-16,25-26,31-34H2,1-12H3. The molecule has 2 heterocycles. The maximum Gasteiger partial charge on any atom is 0.323 e. The van der Waals surface area contributed by atoms with Gasteiger partial charge in [-0.3, -0.25) is 9.59 Å². The van der Waals surface area contributed by atoms with Crippen molar-refractivity contribution in [3.63, 3.8) is 0 Å². The fourth-order valence-corrected chi connectivity index (χ4v) is 8.42. The van der Waals surface area contributed by atoms with Crippen LogP contribution in [-0.2, 0) is 40.7 Å². The highest BCUT2D eigenvalue weighted by molar-refractivity contribution is 5.91. The summed E-state index contributed by atoms with van der Waals surface area (Å²) in [5.41, 5.74) is 6.80. The first-order valence-electron chi connectivity index (χ1n) is 23.7. The second kappa shape index (κ2) is 20.6. The average molecular weight is 907 g/mol. The Bertz CT molecular complexity index is 2120. The highest BCUT2D eigenvalue weighted by Gasteiger charge is 2.41. The van der Waals surface area contributed by atoms with Crippen LogP contribution < -0.4 is 18.9 Å². The number of carbonyl (C=O) groups is 2. The molecule has 2 aliphatic rings. The van der Waals surface area contributed by atoms with Crippen LogP contribution in [0.25, 0.3) is 0 Å². The SMILES string of the molecule is CC(C)(C)c1ccc(C2C(=O)Oc3c2cc(OCC(O)COCCCCCCOCC(O)COc2cc4c(c(C(C)(C)C)c2)OC(=O)C4c2ccc(C(C)(C)C)cc2)cc3C(C)(C)C)cc1. The number of hydrogen-bond donors (Lipinski definition) is 2. The lowest BCUT2D eigenvalue weighted by Crippen LogP contribution is -2.24. The fourth-order valence-electron chi connectivity index (χ4n) is 8.42. The van der Waals surface area contributed by atoms with Gasteiger partial charge < -0.3 is 38.6 Å². The Balaban J connectivity index is 0.894. The first-order valence-corrected chi connectivity index (χ1v) is 23.7. The maximum absolute atomic E-state index is 13.3. The van der Waals surface area contributed by atoms with Gasteiger partial charge in [-0.15, -0.1) is 0 Å². The molecule has 0 saturated heterocycles. The van der Waals surface area contributed by atoms with E-state index in [0.29, 0.717) is 36.2 Å². The van der Waals surface area contributed by atoms with Gasteiger partial charge in [0.25, 0.3) is 0 Å². The van der Waals surface area contributed by atoms with Crippen LogP contribution in [0.3, 0.4) is 0 Å². The number of hydrogen-bond acceptors (Lipinski definition) is 10. The fraction of sp³-hybridized carbons (Fsp3) is 0.536.